The van der Waals surface area contributed by atoms with E-state index in [0.29, 0.717) is 0 Å². The van der Waals surface area contributed by atoms with Crippen LogP contribution in [0.4, 0.5) is 0 Å². The predicted octanol–water partition coefficient (Wildman–Crippen LogP) is 3.64. The SMILES string of the molecule is N#CC(C#N)=Cc1cc(Br)cc(Br)c1. The third-order valence-corrected chi connectivity index (χ3v) is 2.35. The van der Waals surface area contributed by atoms with Crippen molar-refractivity contribution in [3.8, 4) is 12.1 Å². The minimum absolute atomic E-state index is 0.0926. The van der Waals surface area contributed by atoms with Crippen molar-refractivity contribution < 1.29 is 0 Å². The largest absolute Gasteiger partial charge is 0.192 e. The topological polar surface area (TPSA) is 47.6 Å². The Morgan fingerprint density at radius 1 is 1.07 bits per heavy atom. The molecular weight excluding hydrogens is 308 g/mol. The van der Waals surface area contributed by atoms with Crippen LogP contribution in [0.25, 0.3) is 6.08 Å². The minimum atomic E-state index is 0.0926. The fourth-order valence-corrected chi connectivity index (χ4v) is 2.24. The van der Waals surface area contributed by atoms with Gasteiger partial charge in [-0.3, -0.25) is 0 Å². The monoisotopic (exact) mass is 310 g/mol. The zero-order valence-electron chi connectivity index (χ0n) is 6.96. The van der Waals surface area contributed by atoms with E-state index in [1.54, 1.807) is 0 Å². The highest BCUT2D eigenvalue weighted by atomic mass is 79.9. The Morgan fingerprint density at radius 2 is 1.57 bits per heavy atom. The summed E-state index contributed by atoms with van der Waals surface area (Å²) in [4.78, 5) is 0. The van der Waals surface area contributed by atoms with Crippen molar-refractivity contribution in [2.24, 2.45) is 0 Å². The summed E-state index contributed by atoms with van der Waals surface area (Å²) in [6, 6.07) is 9.17. The summed E-state index contributed by atoms with van der Waals surface area (Å²) in [7, 11) is 0. The van der Waals surface area contributed by atoms with Gasteiger partial charge in [0.2, 0.25) is 0 Å². The number of benzene rings is 1. The van der Waals surface area contributed by atoms with Crippen LogP contribution in [0, 0.1) is 22.7 Å². The molecule has 0 aliphatic carbocycles. The zero-order chi connectivity index (χ0) is 10.6. The van der Waals surface area contributed by atoms with E-state index in [1.807, 2.05) is 30.3 Å². The average Bonchev–Trinajstić information content (AvgIpc) is 2.12. The van der Waals surface area contributed by atoms with Gasteiger partial charge in [-0.15, -0.1) is 0 Å². The predicted molar refractivity (Wildman–Crippen MR) is 61.0 cm³/mol. The number of rotatable bonds is 1. The fourth-order valence-electron chi connectivity index (χ4n) is 0.915. The van der Waals surface area contributed by atoms with Crippen LogP contribution < -0.4 is 0 Å². The molecule has 0 unspecified atom stereocenters. The molecule has 0 aliphatic heterocycles. The molecule has 0 saturated carbocycles. The van der Waals surface area contributed by atoms with Crippen LogP contribution in [0.15, 0.2) is 32.7 Å². The summed E-state index contributed by atoms with van der Waals surface area (Å²) in [5.74, 6) is 0. The molecule has 4 heteroatoms. The lowest BCUT2D eigenvalue weighted by Crippen LogP contribution is -1.77. The molecular formula is C10H4Br2N2. The molecule has 0 heterocycles. The molecule has 0 aliphatic rings. The molecule has 1 aromatic rings. The van der Waals surface area contributed by atoms with Gasteiger partial charge in [-0.2, -0.15) is 10.5 Å². The quantitative estimate of drug-likeness (QED) is 0.743. The Kier molecular flexibility index (Phi) is 3.88. The van der Waals surface area contributed by atoms with E-state index in [1.165, 1.54) is 6.08 Å². The van der Waals surface area contributed by atoms with Gasteiger partial charge in [-0.25, -0.2) is 0 Å². The average molecular weight is 312 g/mol. The molecule has 0 amide bonds. The van der Waals surface area contributed by atoms with Gasteiger partial charge in [0.1, 0.15) is 17.7 Å². The minimum Gasteiger partial charge on any atom is -0.192 e. The Labute approximate surface area is 98.7 Å². The lowest BCUT2D eigenvalue weighted by Gasteiger charge is -1.96. The Bertz CT molecular complexity index is 428. The molecule has 0 aromatic heterocycles. The van der Waals surface area contributed by atoms with Crippen LogP contribution >= 0.6 is 31.9 Å². The van der Waals surface area contributed by atoms with Crippen LogP contribution in [-0.2, 0) is 0 Å². The highest BCUT2D eigenvalue weighted by Crippen LogP contribution is 2.21. The highest BCUT2D eigenvalue weighted by Gasteiger charge is 1.97. The van der Waals surface area contributed by atoms with E-state index in [2.05, 4.69) is 31.9 Å². The summed E-state index contributed by atoms with van der Waals surface area (Å²) in [6.07, 6.45) is 1.54. The first-order chi connectivity index (χ1) is 6.65. The molecule has 0 saturated heterocycles. The molecule has 0 bridgehead atoms. The summed E-state index contributed by atoms with van der Waals surface area (Å²) in [6.45, 7) is 0. The molecule has 14 heavy (non-hydrogen) atoms. The molecule has 0 spiro atoms. The van der Waals surface area contributed by atoms with Crippen molar-refractivity contribution in [3.05, 3.63) is 38.3 Å². The van der Waals surface area contributed by atoms with Gasteiger partial charge in [-0.05, 0) is 29.8 Å². The Balaban J connectivity index is 3.17. The lowest BCUT2D eigenvalue weighted by molar-refractivity contribution is 1.47. The molecule has 2 nitrogen and oxygen atoms in total. The fraction of sp³-hybridized carbons (Fsp3) is 0. The van der Waals surface area contributed by atoms with Crippen molar-refractivity contribution in [3.63, 3.8) is 0 Å². The molecule has 0 atom stereocenters. The standard InChI is InChI=1S/C10H4Br2N2/c11-9-2-7(3-10(12)4-9)1-8(5-13)6-14/h1-4H. The Hall–Kier alpha value is -1.10. The van der Waals surface area contributed by atoms with Gasteiger partial charge < -0.3 is 0 Å². The number of allylic oxidation sites excluding steroid dienone is 1. The van der Waals surface area contributed by atoms with Crippen molar-refractivity contribution in [2.45, 2.75) is 0 Å². The highest BCUT2D eigenvalue weighted by molar-refractivity contribution is 9.11. The van der Waals surface area contributed by atoms with Gasteiger partial charge >= 0.3 is 0 Å². The summed E-state index contributed by atoms with van der Waals surface area (Å²) in [5.41, 5.74) is 0.902. The Morgan fingerprint density at radius 3 is 2.00 bits per heavy atom. The van der Waals surface area contributed by atoms with Crippen LogP contribution in [0.2, 0.25) is 0 Å². The van der Waals surface area contributed by atoms with Crippen LogP contribution in [-0.4, -0.2) is 0 Å². The van der Waals surface area contributed by atoms with Crippen molar-refractivity contribution in [2.75, 3.05) is 0 Å². The van der Waals surface area contributed by atoms with Gasteiger partial charge in [0, 0.05) is 8.95 Å². The second-order valence-electron chi connectivity index (χ2n) is 2.48. The first kappa shape index (κ1) is 11.0. The molecule has 68 valence electrons. The number of hydrogen-bond acceptors (Lipinski definition) is 2. The van der Waals surface area contributed by atoms with E-state index in [4.69, 9.17) is 10.5 Å². The van der Waals surface area contributed by atoms with Crippen molar-refractivity contribution in [1.29, 1.82) is 10.5 Å². The number of nitriles is 2. The van der Waals surface area contributed by atoms with Crippen LogP contribution in [0.5, 0.6) is 0 Å². The van der Waals surface area contributed by atoms with Gasteiger partial charge in [-0.1, -0.05) is 31.9 Å². The maximum atomic E-state index is 8.56. The van der Waals surface area contributed by atoms with E-state index >= 15 is 0 Å². The normalized spacial score (nSPS) is 8.57. The summed E-state index contributed by atoms with van der Waals surface area (Å²) < 4.78 is 1.79. The maximum absolute atomic E-state index is 8.56. The summed E-state index contributed by atoms with van der Waals surface area (Å²) >= 11 is 6.64. The number of nitrogens with zero attached hydrogens (tertiary/aromatic N) is 2. The second kappa shape index (κ2) is 4.95. The third kappa shape index (κ3) is 2.99. The molecule has 1 rings (SSSR count). The third-order valence-electron chi connectivity index (χ3n) is 1.44. The first-order valence-corrected chi connectivity index (χ1v) is 5.22. The molecule has 0 N–H and O–H groups in total. The zero-order valence-corrected chi connectivity index (χ0v) is 10.1. The maximum Gasteiger partial charge on any atom is 0.130 e. The number of hydrogen-bond donors (Lipinski definition) is 0. The van der Waals surface area contributed by atoms with Crippen molar-refractivity contribution >= 4 is 37.9 Å². The van der Waals surface area contributed by atoms with Gasteiger partial charge in [0.05, 0.1) is 0 Å². The molecule has 0 radical (unpaired) electrons. The number of halogens is 2. The van der Waals surface area contributed by atoms with Gasteiger partial charge in [0.25, 0.3) is 0 Å². The second-order valence-corrected chi connectivity index (χ2v) is 4.32. The van der Waals surface area contributed by atoms with Crippen molar-refractivity contribution in [1.82, 2.24) is 0 Å². The van der Waals surface area contributed by atoms with Gasteiger partial charge in [0.15, 0.2) is 0 Å². The smallest absolute Gasteiger partial charge is 0.130 e. The van der Waals surface area contributed by atoms with Crippen LogP contribution in [0.3, 0.4) is 0 Å². The van der Waals surface area contributed by atoms with E-state index < -0.39 is 0 Å². The van der Waals surface area contributed by atoms with E-state index in [0.717, 1.165) is 14.5 Å². The van der Waals surface area contributed by atoms with E-state index in [9.17, 15) is 0 Å². The lowest BCUT2D eigenvalue weighted by atomic mass is 10.1. The molecule has 1 aromatic carbocycles. The first-order valence-electron chi connectivity index (χ1n) is 3.63. The van der Waals surface area contributed by atoms with E-state index in [-0.39, 0.29) is 5.57 Å². The summed E-state index contributed by atoms with van der Waals surface area (Å²) in [5, 5.41) is 17.1. The molecule has 0 fully saturated rings. The van der Waals surface area contributed by atoms with Crippen LogP contribution in [0.1, 0.15) is 5.56 Å².